The zero-order valence-electron chi connectivity index (χ0n) is 9.99. The number of phenols is 1. The van der Waals surface area contributed by atoms with Crippen LogP contribution in [0, 0.1) is 10.1 Å². The number of nitrogens with zero attached hydrogens (tertiary/aromatic N) is 2. The molecule has 1 aromatic rings. The van der Waals surface area contributed by atoms with Crippen molar-refractivity contribution in [2.45, 2.75) is 0 Å². The second kappa shape index (κ2) is 5.25. The first-order valence-corrected chi connectivity index (χ1v) is 6.80. The van der Waals surface area contributed by atoms with Crippen LogP contribution in [0.5, 0.6) is 5.75 Å². The molecular formula is C11H7BrN2O5S. The van der Waals surface area contributed by atoms with Crippen LogP contribution >= 0.6 is 27.7 Å². The maximum atomic E-state index is 11.7. The molecule has 9 heteroatoms. The quantitative estimate of drug-likeness (QED) is 0.495. The summed E-state index contributed by atoms with van der Waals surface area (Å²) in [5, 5.41) is 19.9. The van der Waals surface area contributed by atoms with Gasteiger partial charge in [0.1, 0.15) is 0 Å². The number of imide groups is 1. The number of nitro benzene ring substituents is 1. The Balaban J connectivity index is 2.48. The molecule has 0 aliphatic carbocycles. The molecule has 2 rings (SSSR count). The molecule has 2 amide bonds. The molecule has 0 radical (unpaired) electrons. The van der Waals surface area contributed by atoms with E-state index in [-0.39, 0.29) is 9.38 Å². The number of hydrogen-bond donors (Lipinski definition) is 1. The van der Waals surface area contributed by atoms with Crippen LogP contribution in [-0.4, -0.2) is 33.1 Å². The number of carbonyl (C=O) groups excluding carboxylic acids is 2. The summed E-state index contributed by atoms with van der Waals surface area (Å²) in [6.07, 6.45) is 1.37. The van der Waals surface area contributed by atoms with Gasteiger partial charge in [0.2, 0.25) is 5.75 Å². The maximum Gasteiger partial charge on any atom is 0.312 e. The number of hydrogen-bond acceptors (Lipinski definition) is 6. The smallest absolute Gasteiger partial charge is 0.312 e. The third kappa shape index (κ3) is 2.54. The fourth-order valence-electron chi connectivity index (χ4n) is 1.52. The van der Waals surface area contributed by atoms with E-state index >= 15 is 0 Å². The first-order chi connectivity index (χ1) is 9.31. The minimum absolute atomic E-state index is 0.133. The van der Waals surface area contributed by atoms with Crippen LogP contribution < -0.4 is 0 Å². The van der Waals surface area contributed by atoms with Gasteiger partial charge in [-0.3, -0.25) is 24.6 Å². The lowest BCUT2D eigenvalue weighted by molar-refractivity contribution is -0.386. The molecule has 1 aliphatic rings. The van der Waals surface area contributed by atoms with Gasteiger partial charge in [0.25, 0.3) is 11.1 Å². The normalized spacial score (nSPS) is 17.1. The van der Waals surface area contributed by atoms with Crippen LogP contribution in [0.15, 0.2) is 21.5 Å². The molecule has 1 aliphatic heterocycles. The van der Waals surface area contributed by atoms with Crippen LogP contribution in [0.3, 0.4) is 0 Å². The molecule has 0 aromatic heterocycles. The average Bonchev–Trinajstić information content (AvgIpc) is 2.61. The molecule has 1 N–H and O–H groups in total. The Labute approximate surface area is 125 Å². The van der Waals surface area contributed by atoms with Crippen molar-refractivity contribution < 1.29 is 19.6 Å². The van der Waals surface area contributed by atoms with E-state index in [0.29, 0.717) is 5.56 Å². The van der Waals surface area contributed by atoms with Crippen molar-refractivity contribution in [1.29, 1.82) is 0 Å². The van der Waals surface area contributed by atoms with Gasteiger partial charge in [0, 0.05) is 13.1 Å². The second-order valence-corrected chi connectivity index (χ2v) is 5.72. The molecule has 0 unspecified atom stereocenters. The third-order valence-electron chi connectivity index (χ3n) is 2.55. The topological polar surface area (TPSA) is 101 Å². The van der Waals surface area contributed by atoms with Gasteiger partial charge in [-0.2, -0.15) is 0 Å². The molecule has 104 valence electrons. The average molecular weight is 359 g/mol. The van der Waals surface area contributed by atoms with Crippen LogP contribution in [0.2, 0.25) is 0 Å². The molecule has 7 nitrogen and oxygen atoms in total. The highest BCUT2D eigenvalue weighted by Crippen LogP contribution is 2.37. The maximum absolute atomic E-state index is 11.7. The van der Waals surface area contributed by atoms with Gasteiger partial charge in [0.05, 0.1) is 14.3 Å². The number of carbonyl (C=O) groups is 2. The summed E-state index contributed by atoms with van der Waals surface area (Å²) in [5.41, 5.74) is -0.151. The number of phenolic OH excluding ortho intramolecular Hbond substituents is 1. The lowest BCUT2D eigenvalue weighted by atomic mass is 10.1. The Hall–Kier alpha value is -1.87. The van der Waals surface area contributed by atoms with Gasteiger partial charge >= 0.3 is 5.69 Å². The largest absolute Gasteiger partial charge is 0.501 e. The lowest BCUT2D eigenvalue weighted by Gasteiger charge is -2.02. The Bertz CT molecular complexity index is 673. The Morgan fingerprint density at radius 2 is 2.10 bits per heavy atom. The second-order valence-electron chi connectivity index (χ2n) is 3.87. The highest BCUT2D eigenvalue weighted by molar-refractivity contribution is 9.10. The summed E-state index contributed by atoms with van der Waals surface area (Å²) in [7, 11) is 1.35. The Kier molecular flexibility index (Phi) is 3.82. The van der Waals surface area contributed by atoms with E-state index in [4.69, 9.17) is 0 Å². The highest BCUT2D eigenvalue weighted by atomic mass is 79.9. The fourth-order valence-corrected chi connectivity index (χ4v) is 2.82. The van der Waals surface area contributed by atoms with Gasteiger partial charge in [-0.1, -0.05) is 0 Å². The van der Waals surface area contributed by atoms with Crippen molar-refractivity contribution in [3.05, 3.63) is 37.2 Å². The van der Waals surface area contributed by atoms with E-state index < -0.39 is 27.5 Å². The molecule has 0 atom stereocenters. The van der Waals surface area contributed by atoms with Crippen molar-refractivity contribution in [3.8, 4) is 5.75 Å². The first-order valence-electron chi connectivity index (χ1n) is 5.19. The number of benzene rings is 1. The van der Waals surface area contributed by atoms with E-state index in [1.807, 2.05) is 0 Å². The summed E-state index contributed by atoms with van der Waals surface area (Å²) in [4.78, 5) is 34.3. The van der Waals surface area contributed by atoms with Crippen LogP contribution in [0.1, 0.15) is 5.56 Å². The van der Waals surface area contributed by atoms with E-state index in [1.165, 1.54) is 19.2 Å². The van der Waals surface area contributed by atoms with Gasteiger partial charge in [-0.15, -0.1) is 0 Å². The van der Waals surface area contributed by atoms with Crippen molar-refractivity contribution in [3.63, 3.8) is 0 Å². The molecule has 0 bridgehead atoms. The van der Waals surface area contributed by atoms with Gasteiger partial charge in [-0.05, 0) is 45.4 Å². The summed E-state index contributed by atoms with van der Waals surface area (Å²) in [6.45, 7) is 0. The number of halogens is 1. The van der Waals surface area contributed by atoms with Gasteiger partial charge in [0.15, 0.2) is 0 Å². The van der Waals surface area contributed by atoms with Crippen molar-refractivity contribution in [1.82, 2.24) is 4.90 Å². The molecule has 0 saturated carbocycles. The van der Waals surface area contributed by atoms with Gasteiger partial charge in [-0.25, -0.2) is 0 Å². The van der Waals surface area contributed by atoms with E-state index in [1.54, 1.807) is 0 Å². The summed E-state index contributed by atoms with van der Waals surface area (Å²) >= 11 is 3.75. The number of nitro groups is 1. The molecule has 1 aromatic carbocycles. The highest BCUT2D eigenvalue weighted by Gasteiger charge is 2.32. The number of likely N-dealkylation sites (N-methyl/N-ethyl adjacent to an activating group) is 1. The van der Waals surface area contributed by atoms with Crippen LogP contribution in [-0.2, 0) is 4.79 Å². The fraction of sp³-hybridized carbons (Fsp3) is 0.0909. The molecule has 1 heterocycles. The summed E-state index contributed by atoms with van der Waals surface area (Å²) in [5.74, 6) is -0.956. The van der Waals surface area contributed by atoms with Crippen LogP contribution in [0.4, 0.5) is 10.5 Å². The number of aromatic hydroxyl groups is 1. The van der Waals surface area contributed by atoms with E-state index in [9.17, 15) is 24.8 Å². The third-order valence-corrected chi connectivity index (χ3v) is 4.11. The number of rotatable bonds is 2. The van der Waals surface area contributed by atoms with Crippen molar-refractivity contribution >= 4 is 50.6 Å². The summed E-state index contributed by atoms with van der Waals surface area (Å²) < 4.78 is 0.133. The van der Waals surface area contributed by atoms with Crippen molar-refractivity contribution in [2.24, 2.45) is 0 Å². The van der Waals surface area contributed by atoms with Crippen LogP contribution in [0.25, 0.3) is 6.08 Å². The minimum Gasteiger partial charge on any atom is -0.501 e. The predicted octanol–water partition coefficient (Wildman–Crippen LogP) is 2.73. The van der Waals surface area contributed by atoms with Crippen molar-refractivity contribution in [2.75, 3.05) is 7.05 Å². The zero-order valence-corrected chi connectivity index (χ0v) is 12.4. The Morgan fingerprint density at radius 3 is 2.60 bits per heavy atom. The molecular weight excluding hydrogens is 352 g/mol. The first kappa shape index (κ1) is 14.5. The summed E-state index contributed by atoms with van der Waals surface area (Å²) in [6, 6.07) is 2.55. The SMILES string of the molecule is CN1C(=O)S/C(=C\c2cc(Br)c(O)c([N+](=O)[O-])c2)C1=O. The number of amides is 2. The zero-order chi connectivity index (χ0) is 15.0. The predicted molar refractivity (Wildman–Crippen MR) is 76.2 cm³/mol. The molecule has 20 heavy (non-hydrogen) atoms. The standard InChI is InChI=1S/C11H7BrN2O5S/c1-13-10(16)8(20-11(13)17)4-5-2-6(12)9(15)7(3-5)14(18)19/h2-4,15H,1H3/b8-4-. The minimum atomic E-state index is -0.733. The van der Waals surface area contributed by atoms with E-state index in [0.717, 1.165) is 22.7 Å². The van der Waals surface area contributed by atoms with Gasteiger partial charge < -0.3 is 5.11 Å². The lowest BCUT2D eigenvalue weighted by Crippen LogP contribution is -2.22. The monoisotopic (exact) mass is 358 g/mol. The number of thioether (sulfide) groups is 1. The molecule has 1 saturated heterocycles. The molecule has 0 spiro atoms. The molecule has 1 fully saturated rings. The van der Waals surface area contributed by atoms with E-state index in [2.05, 4.69) is 15.9 Å². The Morgan fingerprint density at radius 1 is 1.45 bits per heavy atom.